The predicted molar refractivity (Wildman–Crippen MR) is 122 cm³/mol. The van der Waals surface area contributed by atoms with Gasteiger partial charge in [0.05, 0.1) is 6.04 Å². The number of benzene rings is 1. The molecule has 0 aliphatic carbocycles. The molecular weight excluding hydrogens is 412 g/mol. The van der Waals surface area contributed by atoms with E-state index in [1.807, 2.05) is 30.3 Å². The highest BCUT2D eigenvalue weighted by molar-refractivity contribution is 5.92. The molecule has 0 aromatic heterocycles. The molecule has 32 heavy (non-hydrogen) atoms. The molecule has 1 heterocycles. The highest BCUT2D eigenvalue weighted by Crippen LogP contribution is 2.21. The largest absolute Gasteiger partial charge is 0.370 e. The number of hydrogen-bond donors (Lipinski definition) is 5. The van der Waals surface area contributed by atoms with Crippen LogP contribution in [0.1, 0.15) is 31.2 Å². The van der Waals surface area contributed by atoms with Crippen LogP contribution in [0.2, 0.25) is 0 Å². The van der Waals surface area contributed by atoms with Gasteiger partial charge in [-0.3, -0.25) is 14.6 Å². The van der Waals surface area contributed by atoms with E-state index in [0.717, 1.165) is 5.56 Å². The zero-order valence-electron chi connectivity index (χ0n) is 18.0. The van der Waals surface area contributed by atoms with Gasteiger partial charge in [-0.15, -0.1) is 0 Å². The van der Waals surface area contributed by atoms with Crippen molar-refractivity contribution in [3.05, 3.63) is 35.9 Å². The minimum atomic E-state index is -0.836. The smallest absolute Gasteiger partial charge is 0.248 e. The summed E-state index contributed by atoms with van der Waals surface area (Å²) in [7, 11) is 0. The first-order valence-electron chi connectivity index (χ1n) is 10.6. The maximum Gasteiger partial charge on any atom is 0.248 e. The van der Waals surface area contributed by atoms with Crippen LogP contribution in [0.15, 0.2) is 40.3 Å². The molecule has 2 amide bonds. The molecule has 1 aliphatic rings. The van der Waals surface area contributed by atoms with E-state index in [4.69, 9.17) is 22.9 Å². The maximum atomic E-state index is 13.3. The van der Waals surface area contributed by atoms with Crippen LogP contribution in [0.3, 0.4) is 0 Å². The van der Waals surface area contributed by atoms with E-state index in [1.165, 1.54) is 4.90 Å². The van der Waals surface area contributed by atoms with Gasteiger partial charge in [0.15, 0.2) is 11.9 Å². The minimum Gasteiger partial charge on any atom is -0.370 e. The molecule has 0 unspecified atom stereocenters. The Morgan fingerprint density at radius 2 is 1.88 bits per heavy atom. The van der Waals surface area contributed by atoms with Crippen molar-refractivity contribution in [2.45, 2.75) is 50.2 Å². The second kappa shape index (κ2) is 12.3. The molecule has 0 bridgehead atoms. The van der Waals surface area contributed by atoms with Crippen LogP contribution in [0.25, 0.3) is 0 Å². The number of likely N-dealkylation sites (tertiary alicyclic amines) is 1. The number of nitrogens with one attached hydrogen (secondary N) is 1. The summed E-state index contributed by atoms with van der Waals surface area (Å²) in [6.07, 6.45) is 3.06. The molecule has 11 nitrogen and oxygen atoms in total. The Hall–Kier alpha value is -3.63. The van der Waals surface area contributed by atoms with Gasteiger partial charge in [-0.1, -0.05) is 30.3 Å². The van der Waals surface area contributed by atoms with Crippen molar-refractivity contribution in [3.63, 3.8) is 0 Å². The van der Waals surface area contributed by atoms with Gasteiger partial charge in [0.2, 0.25) is 11.8 Å². The van der Waals surface area contributed by atoms with Gasteiger partial charge in [-0.05, 0) is 31.2 Å². The van der Waals surface area contributed by atoms with E-state index in [9.17, 15) is 14.4 Å². The number of aldehydes is 1. The Labute approximate surface area is 187 Å². The lowest BCUT2D eigenvalue weighted by molar-refractivity contribution is -0.139. The number of hydrogen-bond acceptors (Lipinski definition) is 5. The maximum absolute atomic E-state index is 13.3. The zero-order valence-corrected chi connectivity index (χ0v) is 18.0. The van der Waals surface area contributed by atoms with Gasteiger partial charge in [0.25, 0.3) is 0 Å². The molecule has 1 aromatic carbocycles. The molecule has 0 spiro atoms. The van der Waals surface area contributed by atoms with Crippen LogP contribution >= 0.6 is 0 Å². The minimum absolute atomic E-state index is 0.0253. The Bertz CT molecular complexity index is 835. The lowest BCUT2D eigenvalue weighted by Gasteiger charge is -2.27. The van der Waals surface area contributed by atoms with Crippen LogP contribution < -0.4 is 28.3 Å². The van der Waals surface area contributed by atoms with Crippen LogP contribution in [-0.4, -0.2) is 66.1 Å². The lowest BCUT2D eigenvalue weighted by Crippen LogP contribution is -2.51. The molecule has 1 fully saturated rings. The van der Waals surface area contributed by atoms with Crippen molar-refractivity contribution in [2.75, 3.05) is 13.1 Å². The molecule has 0 saturated carbocycles. The standard InChI is InChI=1S/C21H32N8O3/c22-20(23)26-10-4-8-15(13-30)27-18(31)17-9-5-11-29(17)19(32)16(28-21(24)25)12-14-6-2-1-3-7-14/h1-3,6-7,13,15-17H,4-5,8-12H2,(H,27,31)(H4,22,23,26)(H4,24,25,28)/t15-,16+,17-/m0/s1. The Kier molecular flexibility index (Phi) is 9.45. The summed E-state index contributed by atoms with van der Waals surface area (Å²) in [4.78, 5) is 47.0. The molecule has 1 aliphatic heterocycles. The van der Waals surface area contributed by atoms with Crippen molar-refractivity contribution < 1.29 is 14.4 Å². The summed E-state index contributed by atoms with van der Waals surface area (Å²) in [5.74, 6) is -0.919. The number of rotatable bonds is 11. The first-order chi connectivity index (χ1) is 15.3. The van der Waals surface area contributed by atoms with E-state index in [0.29, 0.717) is 51.5 Å². The summed E-state index contributed by atoms with van der Waals surface area (Å²) in [5, 5.41) is 2.71. The Morgan fingerprint density at radius 1 is 1.16 bits per heavy atom. The van der Waals surface area contributed by atoms with Gasteiger partial charge < -0.3 is 37.9 Å². The number of amides is 2. The second-order valence-corrected chi connectivity index (χ2v) is 7.65. The first-order valence-corrected chi connectivity index (χ1v) is 10.6. The molecule has 1 saturated heterocycles. The fourth-order valence-corrected chi connectivity index (χ4v) is 3.67. The summed E-state index contributed by atoms with van der Waals surface area (Å²) >= 11 is 0. The SMILES string of the molecule is NC(N)=NCCC[C@@H](C=O)NC(=O)[C@@H]1CCCN1C(=O)[C@@H](Cc1ccccc1)N=C(N)N. The first kappa shape index (κ1) is 24.6. The van der Waals surface area contributed by atoms with Gasteiger partial charge in [-0.2, -0.15) is 0 Å². The second-order valence-electron chi connectivity index (χ2n) is 7.65. The van der Waals surface area contributed by atoms with Crippen molar-refractivity contribution in [1.82, 2.24) is 10.2 Å². The summed E-state index contributed by atoms with van der Waals surface area (Å²) < 4.78 is 0. The normalized spacial score (nSPS) is 17.1. The van der Waals surface area contributed by atoms with Crippen molar-refractivity contribution >= 4 is 30.0 Å². The topological polar surface area (TPSA) is 195 Å². The number of aliphatic imine (C=N–C) groups is 2. The fraction of sp³-hybridized carbons (Fsp3) is 0.476. The third-order valence-electron chi connectivity index (χ3n) is 5.16. The Balaban J connectivity index is 2.05. The van der Waals surface area contributed by atoms with E-state index < -0.39 is 18.1 Å². The highest BCUT2D eigenvalue weighted by atomic mass is 16.2. The number of carbonyl (C=O) groups excluding carboxylic acids is 3. The van der Waals surface area contributed by atoms with Crippen molar-refractivity contribution in [2.24, 2.45) is 32.9 Å². The highest BCUT2D eigenvalue weighted by Gasteiger charge is 2.37. The van der Waals surface area contributed by atoms with Gasteiger partial charge in [0.1, 0.15) is 18.4 Å². The van der Waals surface area contributed by atoms with Crippen LogP contribution in [0.4, 0.5) is 0 Å². The molecule has 2 rings (SSSR count). The van der Waals surface area contributed by atoms with Crippen molar-refractivity contribution in [1.29, 1.82) is 0 Å². The number of guanidine groups is 2. The van der Waals surface area contributed by atoms with Gasteiger partial charge in [0, 0.05) is 19.5 Å². The van der Waals surface area contributed by atoms with E-state index in [-0.39, 0.29) is 23.7 Å². The quantitative estimate of drug-likeness (QED) is 0.120. The number of nitrogens with zero attached hydrogens (tertiary/aromatic N) is 3. The average molecular weight is 445 g/mol. The van der Waals surface area contributed by atoms with E-state index in [1.54, 1.807) is 0 Å². The third-order valence-corrected chi connectivity index (χ3v) is 5.16. The van der Waals surface area contributed by atoms with Crippen LogP contribution in [0, 0.1) is 0 Å². The summed E-state index contributed by atoms with van der Waals surface area (Å²) in [6.45, 7) is 0.773. The third kappa shape index (κ3) is 7.56. The fourth-order valence-electron chi connectivity index (χ4n) is 3.67. The van der Waals surface area contributed by atoms with E-state index >= 15 is 0 Å². The Morgan fingerprint density at radius 3 is 2.50 bits per heavy atom. The predicted octanol–water partition coefficient (Wildman–Crippen LogP) is -1.40. The molecule has 0 radical (unpaired) electrons. The van der Waals surface area contributed by atoms with Crippen LogP contribution in [0.5, 0.6) is 0 Å². The molecule has 174 valence electrons. The lowest BCUT2D eigenvalue weighted by atomic mass is 10.0. The molecule has 9 N–H and O–H groups in total. The molecule has 1 aromatic rings. The van der Waals surface area contributed by atoms with Crippen molar-refractivity contribution in [3.8, 4) is 0 Å². The average Bonchev–Trinajstić information content (AvgIpc) is 3.25. The molecule has 3 atom stereocenters. The monoisotopic (exact) mass is 444 g/mol. The van der Waals surface area contributed by atoms with Gasteiger partial charge in [-0.25, -0.2) is 4.99 Å². The zero-order chi connectivity index (χ0) is 23.5. The summed E-state index contributed by atoms with van der Waals surface area (Å²) in [6, 6.07) is 7.17. The van der Waals surface area contributed by atoms with Gasteiger partial charge >= 0.3 is 0 Å². The summed E-state index contributed by atoms with van der Waals surface area (Å²) in [5.41, 5.74) is 22.6. The molecular formula is C21H32N8O3. The number of carbonyl (C=O) groups is 3. The molecule has 11 heteroatoms. The van der Waals surface area contributed by atoms with E-state index in [2.05, 4.69) is 15.3 Å². The van der Waals surface area contributed by atoms with Crippen LogP contribution in [-0.2, 0) is 20.8 Å². The number of nitrogens with two attached hydrogens (primary N) is 4.